The highest BCUT2D eigenvalue weighted by atomic mass is 16.2. The molecule has 1 saturated heterocycles. The summed E-state index contributed by atoms with van der Waals surface area (Å²) in [7, 11) is 1.20. The van der Waals surface area contributed by atoms with Gasteiger partial charge in [-0.25, -0.2) is 9.69 Å². The van der Waals surface area contributed by atoms with Gasteiger partial charge in [0.25, 0.3) is 0 Å². The van der Waals surface area contributed by atoms with Crippen LogP contribution in [0.3, 0.4) is 0 Å². The van der Waals surface area contributed by atoms with E-state index in [2.05, 4.69) is 5.32 Å². The van der Waals surface area contributed by atoms with Crippen LogP contribution in [0.15, 0.2) is 18.2 Å². The Balaban J connectivity index is 2.07. The van der Waals surface area contributed by atoms with Crippen LogP contribution in [-0.4, -0.2) is 47.1 Å². The zero-order valence-corrected chi connectivity index (χ0v) is 12.0. The molecule has 110 valence electrons. The van der Waals surface area contributed by atoms with Crippen LogP contribution in [0, 0.1) is 13.8 Å². The molecule has 1 N–H and O–H groups in total. The van der Waals surface area contributed by atoms with Crippen molar-refractivity contribution in [2.45, 2.75) is 13.8 Å². The fraction of sp³-hybridized carbons (Fsp3) is 0.286. The summed E-state index contributed by atoms with van der Waals surface area (Å²) in [5, 5.41) is 2.61. The van der Waals surface area contributed by atoms with Crippen LogP contribution >= 0.6 is 0 Å². The summed E-state index contributed by atoms with van der Waals surface area (Å²) in [6, 6.07) is 4.71. The molecule has 0 bridgehead atoms. The van der Waals surface area contributed by atoms with Crippen molar-refractivity contribution in [2.24, 2.45) is 0 Å². The van der Waals surface area contributed by atoms with Crippen molar-refractivity contribution in [3.8, 4) is 0 Å². The van der Waals surface area contributed by atoms with E-state index in [1.54, 1.807) is 12.1 Å². The van der Waals surface area contributed by atoms with E-state index in [0.717, 1.165) is 11.1 Å². The number of benzene rings is 1. The summed E-state index contributed by atoms with van der Waals surface area (Å²) in [5.74, 6) is -2.46. The van der Waals surface area contributed by atoms with Gasteiger partial charge in [0.2, 0.25) is 5.91 Å². The first-order valence-electron chi connectivity index (χ1n) is 6.31. The van der Waals surface area contributed by atoms with Crippen molar-refractivity contribution < 1.29 is 19.2 Å². The Morgan fingerprint density at radius 1 is 1.05 bits per heavy atom. The Bertz CT molecular complexity index is 633. The number of amides is 5. The molecule has 1 aromatic carbocycles. The predicted molar refractivity (Wildman–Crippen MR) is 74.4 cm³/mol. The van der Waals surface area contributed by atoms with Crippen molar-refractivity contribution in [1.29, 1.82) is 0 Å². The molecule has 2 rings (SSSR count). The van der Waals surface area contributed by atoms with E-state index in [9.17, 15) is 19.2 Å². The molecule has 0 spiro atoms. The fourth-order valence-electron chi connectivity index (χ4n) is 2.14. The normalized spacial score (nSPS) is 14.9. The molecule has 0 aliphatic carbocycles. The van der Waals surface area contributed by atoms with Crippen LogP contribution in [-0.2, 0) is 14.4 Å². The first-order valence-corrected chi connectivity index (χ1v) is 6.31. The van der Waals surface area contributed by atoms with Crippen molar-refractivity contribution >= 4 is 29.4 Å². The molecule has 0 unspecified atom stereocenters. The number of imide groups is 2. The lowest BCUT2D eigenvalue weighted by Gasteiger charge is -2.13. The van der Waals surface area contributed by atoms with Crippen molar-refractivity contribution in [3.05, 3.63) is 29.3 Å². The minimum Gasteiger partial charge on any atom is -0.325 e. The van der Waals surface area contributed by atoms with E-state index in [-0.39, 0.29) is 0 Å². The monoisotopic (exact) mass is 289 g/mol. The van der Waals surface area contributed by atoms with Gasteiger partial charge in [0.05, 0.1) is 0 Å². The Labute approximate surface area is 121 Å². The number of hydrogen-bond acceptors (Lipinski definition) is 4. The number of hydrogen-bond donors (Lipinski definition) is 1. The molecule has 0 aromatic heterocycles. The SMILES string of the molecule is Cc1cc(C)cc(NC(=O)CN2C(=O)C(=O)N(C)C2=O)c1. The van der Waals surface area contributed by atoms with Crippen LogP contribution in [0.25, 0.3) is 0 Å². The van der Waals surface area contributed by atoms with Crippen LogP contribution in [0.1, 0.15) is 11.1 Å². The quantitative estimate of drug-likeness (QED) is 0.654. The van der Waals surface area contributed by atoms with Gasteiger partial charge in [0.15, 0.2) is 0 Å². The van der Waals surface area contributed by atoms with Gasteiger partial charge in [-0.2, -0.15) is 0 Å². The largest absolute Gasteiger partial charge is 0.334 e. The molecule has 0 saturated carbocycles. The second-order valence-electron chi connectivity index (χ2n) is 4.96. The van der Waals surface area contributed by atoms with Gasteiger partial charge in [0.1, 0.15) is 6.54 Å². The summed E-state index contributed by atoms with van der Waals surface area (Å²) >= 11 is 0. The zero-order valence-electron chi connectivity index (χ0n) is 12.0. The number of carbonyl (C=O) groups is 4. The number of anilines is 1. The number of nitrogens with one attached hydrogen (secondary N) is 1. The molecule has 7 nitrogen and oxygen atoms in total. The van der Waals surface area contributed by atoms with Crippen LogP contribution in [0.5, 0.6) is 0 Å². The van der Waals surface area contributed by atoms with Gasteiger partial charge >= 0.3 is 17.8 Å². The van der Waals surface area contributed by atoms with E-state index in [1.807, 2.05) is 19.9 Å². The standard InChI is InChI=1S/C14H15N3O4/c1-8-4-9(2)6-10(5-8)15-11(18)7-17-13(20)12(19)16(3)14(17)21/h4-6H,7H2,1-3H3,(H,15,18). The smallest absolute Gasteiger partial charge is 0.325 e. The third-order valence-electron chi connectivity index (χ3n) is 3.06. The average molecular weight is 289 g/mol. The lowest BCUT2D eigenvalue weighted by atomic mass is 10.1. The van der Waals surface area contributed by atoms with E-state index < -0.39 is 30.3 Å². The lowest BCUT2D eigenvalue weighted by Crippen LogP contribution is -2.38. The summed E-state index contributed by atoms with van der Waals surface area (Å²) < 4.78 is 0. The average Bonchev–Trinajstić information content (AvgIpc) is 2.55. The van der Waals surface area contributed by atoms with Gasteiger partial charge < -0.3 is 5.32 Å². The van der Waals surface area contributed by atoms with Gasteiger partial charge in [-0.1, -0.05) is 6.07 Å². The van der Waals surface area contributed by atoms with E-state index in [0.29, 0.717) is 15.5 Å². The molecule has 1 aromatic rings. The second-order valence-corrected chi connectivity index (χ2v) is 4.96. The molecule has 1 heterocycles. The summed E-state index contributed by atoms with van der Waals surface area (Å²) in [4.78, 5) is 47.8. The van der Waals surface area contributed by atoms with E-state index >= 15 is 0 Å². The molecule has 21 heavy (non-hydrogen) atoms. The number of aryl methyl sites for hydroxylation is 2. The van der Waals surface area contributed by atoms with E-state index in [4.69, 9.17) is 0 Å². The highest BCUT2D eigenvalue weighted by Crippen LogP contribution is 2.14. The summed E-state index contributed by atoms with van der Waals surface area (Å²) in [5.41, 5.74) is 2.54. The Kier molecular flexibility index (Phi) is 3.75. The van der Waals surface area contributed by atoms with Gasteiger partial charge in [0, 0.05) is 12.7 Å². The molecule has 1 aliphatic rings. The number of rotatable bonds is 3. The Hall–Kier alpha value is -2.70. The Morgan fingerprint density at radius 3 is 2.10 bits per heavy atom. The third-order valence-corrected chi connectivity index (χ3v) is 3.06. The zero-order chi connectivity index (χ0) is 15.7. The fourth-order valence-corrected chi connectivity index (χ4v) is 2.14. The molecular formula is C14H15N3O4. The highest BCUT2D eigenvalue weighted by Gasteiger charge is 2.42. The molecule has 0 atom stereocenters. The van der Waals surface area contributed by atoms with Crippen LogP contribution < -0.4 is 5.32 Å². The first kappa shape index (κ1) is 14.7. The molecule has 7 heteroatoms. The lowest BCUT2D eigenvalue weighted by molar-refractivity contribution is -0.143. The van der Waals surface area contributed by atoms with Crippen molar-refractivity contribution in [3.63, 3.8) is 0 Å². The topological polar surface area (TPSA) is 86.8 Å². The summed E-state index contributed by atoms with van der Waals surface area (Å²) in [6.45, 7) is 3.30. The molecule has 5 amide bonds. The maximum absolute atomic E-state index is 11.9. The van der Waals surface area contributed by atoms with Crippen molar-refractivity contribution in [1.82, 2.24) is 9.80 Å². The molecule has 0 radical (unpaired) electrons. The number of carbonyl (C=O) groups excluding carboxylic acids is 4. The van der Waals surface area contributed by atoms with E-state index in [1.165, 1.54) is 7.05 Å². The molecule has 1 aliphatic heterocycles. The molecule has 1 fully saturated rings. The Morgan fingerprint density at radius 2 is 1.62 bits per heavy atom. The van der Waals surface area contributed by atoms with Gasteiger partial charge in [-0.15, -0.1) is 0 Å². The highest BCUT2D eigenvalue weighted by molar-refractivity contribution is 6.44. The third kappa shape index (κ3) is 2.91. The van der Waals surface area contributed by atoms with Gasteiger partial charge in [-0.05, 0) is 37.1 Å². The number of nitrogens with zero attached hydrogens (tertiary/aromatic N) is 2. The second kappa shape index (κ2) is 5.35. The minimum atomic E-state index is -0.988. The predicted octanol–water partition coefficient (Wildman–Crippen LogP) is 0.663. The van der Waals surface area contributed by atoms with Gasteiger partial charge in [-0.3, -0.25) is 19.3 Å². The van der Waals surface area contributed by atoms with Crippen LogP contribution in [0.2, 0.25) is 0 Å². The first-order chi connectivity index (χ1) is 9.79. The summed E-state index contributed by atoms with van der Waals surface area (Å²) in [6.07, 6.45) is 0. The minimum absolute atomic E-state index is 0.485. The maximum Gasteiger partial charge on any atom is 0.334 e. The van der Waals surface area contributed by atoms with Crippen molar-refractivity contribution in [2.75, 3.05) is 18.9 Å². The maximum atomic E-state index is 11.9. The number of urea groups is 1. The number of likely N-dealkylation sites (N-methyl/N-ethyl adjacent to an activating group) is 1. The van der Waals surface area contributed by atoms with Crippen LogP contribution in [0.4, 0.5) is 10.5 Å². The molecular weight excluding hydrogens is 274 g/mol.